The van der Waals surface area contributed by atoms with Crippen LogP contribution in [0.3, 0.4) is 0 Å². The van der Waals surface area contributed by atoms with E-state index in [0.29, 0.717) is 17.7 Å². The summed E-state index contributed by atoms with van der Waals surface area (Å²) in [6.45, 7) is 2.45. The molecule has 0 heterocycles. The standard InChI is InChI=1S/C13H19N3O3/c1-3-11(8-19-2)15-13(17)10-6-4-9(5-7-10)12(14)16-18/h4-7,11,18H,3,8H2,1-2H3,(H2,14,16)(H,15,17). The summed E-state index contributed by atoms with van der Waals surface area (Å²) in [5, 5.41) is 14.3. The molecule has 1 amide bonds. The van der Waals surface area contributed by atoms with E-state index in [1.165, 1.54) is 0 Å². The molecule has 0 fully saturated rings. The third-order valence-corrected chi connectivity index (χ3v) is 2.75. The molecular formula is C13H19N3O3. The second-order valence-electron chi connectivity index (χ2n) is 4.10. The number of nitrogens with two attached hydrogens (primary N) is 1. The van der Waals surface area contributed by atoms with Gasteiger partial charge in [0.2, 0.25) is 0 Å². The topological polar surface area (TPSA) is 96.9 Å². The van der Waals surface area contributed by atoms with Gasteiger partial charge in [-0.05, 0) is 18.6 Å². The Morgan fingerprint density at radius 2 is 2.00 bits per heavy atom. The highest BCUT2D eigenvalue weighted by molar-refractivity contribution is 5.99. The SMILES string of the molecule is CCC(COC)NC(=O)c1ccc(C(N)=NO)cc1. The molecule has 0 aliphatic heterocycles. The van der Waals surface area contributed by atoms with Crippen LogP contribution in [0.4, 0.5) is 0 Å². The van der Waals surface area contributed by atoms with Crippen LogP contribution >= 0.6 is 0 Å². The number of nitrogens with one attached hydrogen (secondary N) is 1. The molecule has 0 saturated heterocycles. The van der Waals surface area contributed by atoms with Gasteiger partial charge >= 0.3 is 0 Å². The van der Waals surface area contributed by atoms with E-state index in [2.05, 4.69) is 10.5 Å². The molecule has 0 bridgehead atoms. The first-order valence-corrected chi connectivity index (χ1v) is 6.00. The molecule has 1 rings (SSSR count). The van der Waals surface area contributed by atoms with E-state index in [4.69, 9.17) is 15.7 Å². The molecule has 0 aromatic heterocycles. The molecular weight excluding hydrogens is 246 g/mol. The lowest BCUT2D eigenvalue weighted by Gasteiger charge is -2.15. The van der Waals surface area contributed by atoms with Gasteiger partial charge in [-0.2, -0.15) is 0 Å². The van der Waals surface area contributed by atoms with Crippen LogP contribution in [0.15, 0.2) is 29.4 Å². The Morgan fingerprint density at radius 1 is 1.42 bits per heavy atom. The van der Waals surface area contributed by atoms with Gasteiger partial charge in [0.25, 0.3) is 5.91 Å². The molecule has 1 atom stereocenters. The lowest BCUT2D eigenvalue weighted by molar-refractivity contribution is 0.0894. The van der Waals surface area contributed by atoms with E-state index in [-0.39, 0.29) is 17.8 Å². The predicted molar refractivity (Wildman–Crippen MR) is 72.4 cm³/mol. The van der Waals surface area contributed by atoms with Crippen LogP contribution in [0.1, 0.15) is 29.3 Å². The van der Waals surface area contributed by atoms with Crippen molar-refractivity contribution in [1.29, 1.82) is 0 Å². The van der Waals surface area contributed by atoms with Gasteiger partial charge in [-0.15, -0.1) is 0 Å². The van der Waals surface area contributed by atoms with Crippen LogP contribution in [0.2, 0.25) is 0 Å². The highest BCUT2D eigenvalue weighted by atomic mass is 16.5. The van der Waals surface area contributed by atoms with E-state index < -0.39 is 0 Å². The fourth-order valence-electron chi connectivity index (χ4n) is 1.58. The van der Waals surface area contributed by atoms with Gasteiger partial charge in [0, 0.05) is 18.2 Å². The average Bonchev–Trinajstić information content (AvgIpc) is 2.45. The minimum Gasteiger partial charge on any atom is -0.409 e. The van der Waals surface area contributed by atoms with E-state index in [1.807, 2.05) is 6.92 Å². The number of carbonyl (C=O) groups is 1. The van der Waals surface area contributed by atoms with E-state index in [0.717, 1.165) is 6.42 Å². The number of hydrogen-bond donors (Lipinski definition) is 3. The van der Waals surface area contributed by atoms with Gasteiger partial charge in [0.15, 0.2) is 5.84 Å². The van der Waals surface area contributed by atoms with Crippen molar-refractivity contribution in [1.82, 2.24) is 5.32 Å². The lowest BCUT2D eigenvalue weighted by Crippen LogP contribution is -2.37. The van der Waals surface area contributed by atoms with E-state index in [1.54, 1.807) is 31.4 Å². The number of nitrogens with zero attached hydrogens (tertiary/aromatic N) is 1. The third-order valence-electron chi connectivity index (χ3n) is 2.75. The minimum atomic E-state index is -0.171. The molecule has 19 heavy (non-hydrogen) atoms. The monoisotopic (exact) mass is 265 g/mol. The molecule has 4 N–H and O–H groups in total. The zero-order chi connectivity index (χ0) is 14.3. The zero-order valence-electron chi connectivity index (χ0n) is 11.1. The van der Waals surface area contributed by atoms with Gasteiger partial charge in [-0.1, -0.05) is 24.2 Å². The van der Waals surface area contributed by atoms with Crippen molar-refractivity contribution >= 4 is 11.7 Å². The summed E-state index contributed by atoms with van der Waals surface area (Å²) >= 11 is 0. The molecule has 0 saturated carbocycles. The third kappa shape index (κ3) is 4.26. The molecule has 1 aromatic carbocycles. The number of rotatable bonds is 6. The Hall–Kier alpha value is -2.08. The molecule has 6 heteroatoms. The molecule has 0 aliphatic carbocycles. The van der Waals surface area contributed by atoms with Crippen LogP contribution in [0, 0.1) is 0 Å². The van der Waals surface area contributed by atoms with Crippen LogP contribution in [-0.2, 0) is 4.74 Å². The Kier molecular flexibility index (Phi) is 5.81. The smallest absolute Gasteiger partial charge is 0.251 e. The van der Waals surface area contributed by atoms with Crippen molar-refractivity contribution in [3.63, 3.8) is 0 Å². The number of hydrogen-bond acceptors (Lipinski definition) is 4. The zero-order valence-corrected chi connectivity index (χ0v) is 11.1. The Labute approximate surface area is 112 Å². The maximum absolute atomic E-state index is 12.0. The average molecular weight is 265 g/mol. The fraction of sp³-hybridized carbons (Fsp3) is 0.385. The number of benzene rings is 1. The van der Waals surface area contributed by atoms with Crippen molar-refractivity contribution in [3.8, 4) is 0 Å². The highest BCUT2D eigenvalue weighted by Gasteiger charge is 2.12. The Bertz CT molecular complexity index is 443. The maximum atomic E-state index is 12.0. The molecule has 0 aliphatic rings. The van der Waals surface area contributed by atoms with E-state index >= 15 is 0 Å². The molecule has 1 unspecified atom stereocenters. The van der Waals surface area contributed by atoms with E-state index in [9.17, 15) is 4.79 Å². The first-order chi connectivity index (χ1) is 9.12. The Morgan fingerprint density at radius 3 is 2.47 bits per heavy atom. The minimum absolute atomic E-state index is 0.0118. The van der Waals surface area contributed by atoms with Gasteiger partial charge in [-0.25, -0.2) is 0 Å². The number of methoxy groups -OCH3 is 1. The summed E-state index contributed by atoms with van der Waals surface area (Å²) in [4.78, 5) is 12.0. The molecule has 6 nitrogen and oxygen atoms in total. The molecule has 0 spiro atoms. The number of amides is 1. The predicted octanol–water partition coefficient (Wildman–Crippen LogP) is 0.936. The molecule has 104 valence electrons. The van der Waals surface area contributed by atoms with Gasteiger partial charge in [-0.3, -0.25) is 4.79 Å². The summed E-state index contributed by atoms with van der Waals surface area (Å²) in [5.41, 5.74) is 6.52. The fourth-order valence-corrected chi connectivity index (χ4v) is 1.58. The number of oxime groups is 1. The Balaban J connectivity index is 2.72. The largest absolute Gasteiger partial charge is 0.409 e. The molecule has 1 aromatic rings. The maximum Gasteiger partial charge on any atom is 0.251 e. The van der Waals surface area contributed by atoms with Crippen molar-refractivity contribution in [3.05, 3.63) is 35.4 Å². The van der Waals surface area contributed by atoms with Gasteiger partial charge in [0.05, 0.1) is 12.6 Å². The number of amidine groups is 1. The quantitative estimate of drug-likeness (QED) is 0.308. The van der Waals surface area contributed by atoms with Crippen molar-refractivity contribution in [2.24, 2.45) is 10.9 Å². The summed E-state index contributed by atoms with van der Waals surface area (Å²) in [6, 6.07) is 6.49. The summed E-state index contributed by atoms with van der Waals surface area (Å²) in [7, 11) is 1.60. The van der Waals surface area contributed by atoms with Crippen LogP contribution in [0.25, 0.3) is 0 Å². The van der Waals surface area contributed by atoms with Gasteiger partial charge < -0.3 is 21.0 Å². The first-order valence-electron chi connectivity index (χ1n) is 6.00. The summed E-state index contributed by atoms with van der Waals surface area (Å²) < 4.78 is 5.02. The van der Waals surface area contributed by atoms with Crippen LogP contribution < -0.4 is 11.1 Å². The van der Waals surface area contributed by atoms with Crippen molar-refractivity contribution in [2.45, 2.75) is 19.4 Å². The normalized spacial score (nSPS) is 13.1. The lowest BCUT2D eigenvalue weighted by atomic mass is 10.1. The first kappa shape index (κ1) is 15.0. The highest BCUT2D eigenvalue weighted by Crippen LogP contribution is 2.05. The van der Waals surface area contributed by atoms with Crippen molar-refractivity contribution < 1.29 is 14.7 Å². The molecule has 0 radical (unpaired) electrons. The summed E-state index contributed by atoms with van der Waals surface area (Å²) in [6.07, 6.45) is 0.793. The van der Waals surface area contributed by atoms with Crippen molar-refractivity contribution in [2.75, 3.05) is 13.7 Å². The second-order valence-corrected chi connectivity index (χ2v) is 4.10. The second kappa shape index (κ2) is 7.38. The van der Waals surface area contributed by atoms with Gasteiger partial charge in [0.1, 0.15) is 0 Å². The number of ether oxygens (including phenoxy) is 1. The van der Waals surface area contributed by atoms with Crippen LogP contribution in [0.5, 0.6) is 0 Å². The van der Waals surface area contributed by atoms with Crippen LogP contribution in [-0.4, -0.2) is 36.7 Å². The number of carbonyl (C=O) groups excluding carboxylic acids is 1. The summed E-state index contributed by atoms with van der Waals surface area (Å²) in [5.74, 6) is -0.160.